The molecule has 19 heavy (non-hydrogen) atoms. The van der Waals surface area contributed by atoms with Crippen molar-refractivity contribution in [2.45, 2.75) is 51.9 Å². The first kappa shape index (κ1) is 14.1. The number of methoxy groups -OCH3 is 1. The van der Waals surface area contributed by atoms with Crippen molar-refractivity contribution in [1.29, 1.82) is 0 Å². The third kappa shape index (κ3) is 3.59. The molecule has 0 atom stereocenters. The standard InChI is InChI=1S/C17H24O2/c1-3-13-8-10-16(19-2)12-15(13)9-11-17(18)14-6-4-5-7-14/h8,10,12,14H,3-7,9,11H2,1-2H3. The number of benzene rings is 1. The highest BCUT2D eigenvalue weighted by Gasteiger charge is 2.22. The minimum atomic E-state index is 0.343. The van der Waals surface area contributed by atoms with Gasteiger partial charge < -0.3 is 4.74 Å². The fourth-order valence-corrected chi connectivity index (χ4v) is 3.02. The number of ether oxygens (including phenoxy) is 1. The van der Waals surface area contributed by atoms with Crippen LogP contribution in [0, 0.1) is 5.92 Å². The van der Waals surface area contributed by atoms with E-state index in [9.17, 15) is 4.79 Å². The molecule has 0 amide bonds. The Labute approximate surface area is 116 Å². The van der Waals surface area contributed by atoms with Crippen molar-refractivity contribution in [3.8, 4) is 5.75 Å². The molecular weight excluding hydrogens is 236 g/mol. The molecule has 0 unspecified atom stereocenters. The predicted octanol–water partition coefficient (Wildman–Crippen LogP) is 3.95. The summed E-state index contributed by atoms with van der Waals surface area (Å²) < 4.78 is 5.28. The van der Waals surface area contributed by atoms with Gasteiger partial charge in [0, 0.05) is 12.3 Å². The van der Waals surface area contributed by atoms with Gasteiger partial charge in [0.05, 0.1) is 7.11 Å². The predicted molar refractivity (Wildman–Crippen MR) is 77.7 cm³/mol. The van der Waals surface area contributed by atoms with Gasteiger partial charge in [0.15, 0.2) is 0 Å². The maximum absolute atomic E-state index is 12.1. The molecule has 0 aliphatic heterocycles. The van der Waals surface area contributed by atoms with Crippen molar-refractivity contribution >= 4 is 5.78 Å². The number of ketones is 1. The molecule has 1 aromatic rings. The van der Waals surface area contributed by atoms with E-state index in [4.69, 9.17) is 4.74 Å². The summed E-state index contributed by atoms with van der Waals surface area (Å²) >= 11 is 0. The van der Waals surface area contributed by atoms with Crippen molar-refractivity contribution in [3.63, 3.8) is 0 Å². The SMILES string of the molecule is CCc1ccc(OC)cc1CCC(=O)C1CCCC1. The summed E-state index contributed by atoms with van der Waals surface area (Å²) in [7, 11) is 1.69. The van der Waals surface area contributed by atoms with E-state index < -0.39 is 0 Å². The van der Waals surface area contributed by atoms with Crippen LogP contribution < -0.4 is 4.74 Å². The van der Waals surface area contributed by atoms with Crippen LogP contribution in [0.1, 0.15) is 50.2 Å². The van der Waals surface area contributed by atoms with Gasteiger partial charge in [0.25, 0.3) is 0 Å². The van der Waals surface area contributed by atoms with Crippen LogP contribution >= 0.6 is 0 Å². The van der Waals surface area contributed by atoms with Crippen LogP contribution in [-0.2, 0) is 17.6 Å². The summed E-state index contributed by atoms with van der Waals surface area (Å²) in [6, 6.07) is 6.20. The normalized spacial score (nSPS) is 15.7. The largest absolute Gasteiger partial charge is 0.497 e. The molecule has 0 spiro atoms. The van der Waals surface area contributed by atoms with Crippen LogP contribution in [0.25, 0.3) is 0 Å². The van der Waals surface area contributed by atoms with Crippen molar-refractivity contribution in [2.75, 3.05) is 7.11 Å². The molecule has 2 rings (SSSR count). The molecule has 1 aliphatic rings. The summed E-state index contributed by atoms with van der Waals surface area (Å²) in [5.41, 5.74) is 2.60. The highest BCUT2D eigenvalue weighted by Crippen LogP contribution is 2.27. The van der Waals surface area contributed by atoms with Crippen LogP contribution in [0.15, 0.2) is 18.2 Å². The van der Waals surface area contributed by atoms with Gasteiger partial charge in [0.2, 0.25) is 0 Å². The number of Topliss-reactive ketones (excluding diaryl/α,β-unsaturated/α-hetero) is 1. The lowest BCUT2D eigenvalue weighted by Crippen LogP contribution is -2.11. The van der Waals surface area contributed by atoms with E-state index in [0.717, 1.165) is 31.4 Å². The van der Waals surface area contributed by atoms with E-state index in [1.807, 2.05) is 6.07 Å². The van der Waals surface area contributed by atoms with Gasteiger partial charge in [-0.3, -0.25) is 4.79 Å². The van der Waals surface area contributed by atoms with E-state index in [1.165, 1.54) is 24.0 Å². The van der Waals surface area contributed by atoms with E-state index in [1.54, 1.807) is 7.11 Å². The quantitative estimate of drug-likeness (QED) is 0.774. The summed E-state index contributed by atoms with van der Waals surface area (Å²) in [6.45, 7) is 2.16. The monoisotopic (exact) mass is 260 g/mol. The summed E-state index contributed by atoms with van der Waals surface area (Å²) in [5.74, 6) is 1.69. The topological polar surface area (TPSA) is 26.3 Å². The number of carbonyl (C=O) groups is 1. The van der Waals surface area contributed by atoms with Crippen LogP contribution in [0.3, 0.4) is 0 Å². The fourth-order valence-electron chi connectivity index (χ4n) is 3.02. The molecule has 0 N–H and O–H groups in total. The molecule has 0 bridgehead atoms. The average molecular weight is 260 g/mol. The Morgan fingerprint density at radius 2 is 2.00 bits per heavy atom. The lowest BCUT2D eigenvalue weighted by Gasteiger charge is -2.11. The molecule has 1 aromatic carbocycles. The Morgan fingerprint density at radius 3 is 2.63 bits per heavy atom. The van der Waals surface area contributed by atoms with E-state index >= 15 is 0 Å². The molecule has 1 fully saturated rings. The zero-order valence-corrected chi connectivity index (χ0v) is 12.1. The lowest BCUT2D eigenvalue weighted by atomic mass is 9.94. The number of hydrogen-bond acceptors (Lipinski definition) is 2. The van der Waals surface area contributed by atoms with Crippen LogP contribution in [0.5, 0.6) is 5.75 Å². The number of aryl methyl sites for hydroxylation is 2. The second kappa shape index (κ2) is 6.74. The molecule has 0 aromatic heterocycles. The molecule has 1 saturated carbocycles. The molecule has 0 radical (unpaired) electrons. The van der Waals surface area contributed by atoms with Crippen LogP contribution in [0.4, 0.5) is 0 Å². The van der Waals surface area contributed by atoms with Gasteiger partial charge in [-0.25, -0.2) is 0 Å². The van der Waals surface area contributed by atoms with Crippen molar-refractivity contribution in [1.82, 2.24) is 0 Å². The van der Waals surface area contributed by atoms with E-state index in [-0.39, 0.29) is 0 Å². The highest BCUT2D eigenvalue weighted by atomic mass is 16.5. The first-order valence-corrected chi connectivity index (χ1v) is 7.43. The maximum atomic E-state index is 12.1. The smallest absolute Gasteiger partial charge is 0.136 e. The third-order valence-corrected chi connectivity index (χ3v) is 4.25. The fraction of sp³-hybridized carbons (Fsp3) is 0.588. The molecule has 104 valence electrons. The molecular formula is C17H24O2. The lowest BCUT2D eigenvalue weighted by molar-refractivity contribution is -0.122. The Kier molecular flexibility index (Phi) is 5.00. The number of hydrogen-bond donors (Lipinski definition) is 0. The summed E-state index contributed by atoms with van der Waals surface area (Å²) in [6.07, 6.45) is 7.23. The molecule has 0 heterocycles. The number of carbonyl (C=O) groups excluding carboxylic acids is 1. The Bertz CT molecular complexity index is 431. The zero-order valence-electron chi connectivity index (χ0n) is 12.1. The molecule has 0 saturated heterocycles. The van der Waals surface area contributed by atoms with Crippen molar-refractivity contribution < 1.29 is 9.53 Å². The second-order valence-corrected chi connectivity index (χ2v) is 5.44. The van der Waals surface area contributed by atoms with Gasteiger partial charge in [-0.05, 0) is 48.9 Å². The van der Waals surface area contributed by atoms with Gasteiger partial charge in [-0.15, -0.1) is 0 Å². The second-order valence-electron chi connectivity index (χ2n) is 5.44. The zero-order chi connectivity index (χ0) is 13.7. The van der Waals surface area contributed by atoms with E-state index in [0.29, 0.717) is 18.1 Å². The summed E-state index contributed by atoms with van der Waals surface area (Å²) in [4.78, 5) is 12.1. The van der Waals surface area contributed by atoms with Gasteiger partial charge in [-0.2, -0.15) is 0 Å². The maximum Gasteiger partial charge on any atom is 0.136 e. The van der Waals surface area contributed by atoms with Crippen molar-refractivity contribution in [3.05, 3.63) is 29.3 Å². The Morgan fingerprint density at radius 1 is 1.26 bits per heavy atom. The molecule has 1 aliphatic carbocycles. The molecule has 2 nitrogen and oxygen atoms in total. The van der Waals surface area contributed by atoms with Crippen LogP contribution in [0.2, 0.25) is 0 Å². The average Bonchev–Trinajstić information content (AvgIpc) is 2.98. The van der Waals surface area contributed by atoms with Gasteiger partial charge in [0.1, 0.15) is 11.5 Å². The summed E-state index contributed by atoms with van der Waals surface area (Å²) in [5, 5.41) is 0. The van der Waals surface area contributed by atoms with Crippen LogP contribution in [-0.4, -0.2) is 12.9 Å². The first-order chi connectivity index (χ1) is 9.24. The van der Waals surface area contributed by atoms with Gasteiger partial charge in [-0.1, -0.05) is 25.8 Å². The Balaban J connectivity index is 1.99. The van der Waals surface area contributed by atoms with E-state index in [2.05, 4.69) is 19.1 Å². The van der Waals surface area contributed by atoms with Crippen molar-refractivity contribution in [2.24, 2.45) is 5.92 Å². The minimum Gasteiger partial charge on any atom is -0.497 e. The Hall–Kier alpha value is -1.31. The minimum absolute atomic E-state index is 0.343. The van der Waals surface area contributed by atoms with Gasteiger partial charge >= 0.3 is 0 Å². The number of rotatable bonds is 6. The molecule has 2 heteroatoms. The highest BCUT2D eigenvalue weighted by molar-refractivity contribution is 5.81. The third-order valence-electron chi connectivity index (χ3n) is 4.25. The first-order valence-electron chi connectivity index (χ1n) is 7.43.